The molecule has 0 bridgehead atoms. The Morgan fingerprint density at radius 1 is 1.18 bits per heavy atom. The van der Waals surface area contributed by atoms with Gasteiger partial charge in [-0.25, -0.2) is 0 Å². The van der Waals surface area contributed by atoms with Crippen LogP contribution in [0.25, 0.3) is 0 Å². The molecule has 1 saturated heterocycles. The Labute approximate surface area is 123 Å². The van der Waals surface area contributed by atoms with Gasteiger partial charge >= 0.3 is 0 Å². The molecule has 1 aliphatic heterocycles. The smallest absolute Gasteiger partial charge is 0.191 e. The summed E-state index contributed by atoms with van der Waals surface area (Å²) in [5, 5.41) is 0. The molecule has 1 rings (SSSR count). The summed E-state index contributed by atoms with van der Waals surface area (Å²) < 4.78 is 0. The topological polar surface area (TPSA) is 44.9 Å². The molecular formula is C12H27IN4. The Kier molecular flexibility index (Phi) is 9.91. The van der Waals surface area contributed by atoms with Gasteiger partial charge in [0, 0.05) is 19.6 Å². The molecule has 0 radical (unpaired) electrons. The molecule has 0 spiro atoms. The molecular weight excluding hydrogens is 327 g/mol. The predicted octanol–water partition coefficient (Wildman–Crippen LogP) is 1.75. The Morgan fingerprint density at radius 2 is 1.76 bits per heavy atom. The largest absolute Gasteiger partial charge is 0.370 e. The number of hydrogen-bond acceptors (Lipinski definition) is 2. The van der Waals surface area contributed by atoms with E-state index in [4.69, 9.17) is 5.73 Å². The fourth-order valence-electron chi connectivity index (χ4n) is 2.14. The number of nitrogens with two attached hydrogens (primary N) is 1. The molecule has 0 unspecified atom stereocenters. The monoisotopic (exact) mass is 354 g/mol. The molecule has 17 heavy (non-hydrogen) atoms. The van der Waals surface area contributed by atoms with Crippen LogP contribution < -0.4 is 5.73 Å². The van der Waals surface area contributed by atoms with Gasteiger partial charge in [0.15, 0.2) is 5.96 Å². The van der Waals surface area contributed by atoms with E-state index in [1.54, 1.807) is 0 Å². The van der Waals surface area contributed by atoms with Crippen molar-refractivity contribution in [2.45, 2.75) is 33.1 Å². The van der Waals surface area contributed by atoms with E-state index in [9.17, 15) is 0 Å². The SMILES string of the molecule is CCN(CC)C(N)=NCCN1CCCCC1.I. The molecule has 1 fully saturated rings. The van der Waals surface area contributed by atoms with Gasteiger partial charge < -0.3 is 15.5 Å². The lowest BCUT2D eigenvalue weighted by molar-refractivity contribution is 0.235. The molecule has 1 aliphatic rings. The van der Waals surface area contributed by atoms with Gasteiger partial charge in [-0.3, -0.25) is 4.99 Å². The molecule has 0 aromatic rings. The van der Waals surface area contributed by atoms with Crippen molar-refractivity contribution in [3.8, 4) is 0 Å². The number of likely N-dealkylation sites (tertiary alicyclic amines) is 1. The van der Waals surface area contributed by atoms with Crippen molar-refractivity contribution in [1.29, 1.82) is 0 Å². The standard InChI is InChI=1S/C12H26N4.HI/c1-3-16(4-2)12(13)14-8-11-15-9-6-5-7-10-15;/h3-11H2,1-2H3,(H2,13,14);1H. The maximum Gasteiger partial charge on any atom is 0.191 e. The third-order valence-corrected chi connectivity index (χ3v) is 3.23. The molecule has 2 N–H and O–H groups in total. The summed E-state index contributed by atoms with van der Waals surface area (Å²) in [6, 6.07) is 0. The van der Waals surface area contributed by atoms with E-state index in [2.05, 4.69) is 28.6 Å². The maximum atomic E-state index is 5.91. The molecule has 0 saturated carbocycles. The zero-order valence-corrected chi connectivity index (χ0v) is 13.5. The normalized spacial score (nSPS) is 17.6. The number of hydrogen-bond donors (Lipinski definition) is 1. The fourth-order valence-corrected chi connectivity index (χ4v) is 2.14. The van der Waals surface area contributed by atoms with E-state index in [0.717, 1.165) is 26.2 Å². The molecule has 0 amide bonds. The fraction of sp³-hybridized carbons (Fsp3) is 0.917. The zero-order valence-electron chi connectivity index (χ0n) is 11.2. The third kappa shape index (κ3) is 6.45. The lowest BCUT2D eigenvalue weighted by atomic mass is 10.1. The van der Waals surface area contributed by atoms with Crippen LogP contribution in [0.2, 0.25) is 0 Å². The van der Waals surface area contributed by atoms with Crippen LogP contribution in [0.5, 0.6) is 0 Å². The predicted molar refractivity (Wildman–Crippen MR) is 85.1 cm³/mol. The zero-order chi connectivity index (χ0) is 11.8. The minimum absolute atomic E-state index is 0. The van der Waals surface area contributed by atoms with Gasteiger partial charge in [0.25, 0.3) is 0 Å². The van der Waals surface area contributed by atoms with Gasteiger partial charge in [-0.1, -0.05) is 6.42 Å². The minimum atomic E-state index is 0. The van der Waals surface area contributed by atoms with Crippen molar-refractivity contribution < 1.29 is 0 Å². The number of nitrogens with zero attached hydrogens (tertiary/aromatic N) is 3. The summed E-state index contributed by atoms with van der Waals surface area (Å²) in [7, 11) is 0. The quantitative estimate of drug-likeness (QED) is 0.465. The number of halogens is 1. The maximum absolute atomic E-state index is 5.91. The average Bonchev–Trinajstić information content (AvgIpc) is 2.32. The van der Waals surface area contributed by atoms with E-state index < -0.39 is 0 Å². The molecule has 1 heterocycles. The average molecular weight is 354 g/mol. The Bertz CT molecular complexity index is 211. The summed E-state index contributed by atoms with van der Waals surface area (Å²) in [5.74, 6) is 0.696. The second-order valence-corrected chi connectivity index (χ2v) is 4.31. The van der Waals surface area contributed by atoms with Gasteiger partial charge in [-0.05, 0) is 39.8 Å². The summed E-state index contributed by atoms with van der Waals surface area (Å²) in [6.45, 7) is 10.5. The summed E-state index contributed by atoms with van der Waals surface area (Å²) >= 11 is 0. The van der Waals surface area contributed by atoms with Crippen LogP contribution >= 0.6 is 24.0 Å². The van der Waals surface area contributed by atoms with Crippen molar-refractivity contribution in [2.75, 3.05) is 39.3 Å². The second-order valence-electron chi connectivity index (χ2n) is 4.31. The molecule has 5 heteroatoms. The lowest BCUT2D eigenvalue weighted by Gasteiger charge is -2.26. The molecule has 102 valence electrons. The van der Waals surface area contributed by atoms with Crippen LogP contribution in [-0.2, 0) is 0 Å². The van der Waals surface area contributed by atoms with Gasteiger partial charge in [0.1, 0.15) is 0 Å². The van der Waals surface area contributed by atoms with Crippen molar-refractivity contribution in [3.05, 3.63) is 0 Å². The van der Waals surface area contributed by atoms with Crippen LogP contribution in [-0.4, -0.2) is 55.0 Å². The highest BCUT2D eigenvalue weighted by Crippen LogP contribution is 2.07. The van der Waals surface area contributed by atoms with Gasteiger partial charge in [0.2, 0.25) is 0 Å². The molecule has 0 aliphatic carbocycles. The van der Waals surface area contributed by atoms with E-state index in [1.807, 2.05) is 0 Å². The summed E-state index contributed by atoms with van der Waals surface area (Å²) in [5.41, 5.74) is 5.91. The van der Waals surface area contributed by atoms with Crippen LogP contribution in [0.1, 0.15) is 33.1 Å². The first kappa shape index (κ1) is 17.0. The van der Waals surface area contributed by atoms with E-state index in [-0.39, 0.29) is 24.0 Å². The first-order chi connectivity index (χ1) is 7.77. The lowest BCUT2D eigenvalue weighted by Crippen LogP contribution is -2.38. The number of guanidine groups is 1. The molecule has 0 aromatic heterocycles. The van der Waals surface area contributed by atoms with Gasteiger partial charge in [0.05, 0.1) is 6.54 Å². The highest BCUT2D eigenvalue weighted by molar-refractivity contribution is 14.0. The Hall–Kier alpha value is -0.0400. The molecule has 0 atom stereocenters. The van der Waals surface area contributed by atoms with Crippen molar-refractivity contribution in [3.63, 3.8) is 0 Å². The highest BCUT2D eigenvalue weighted by atomic mass is 127. The van der Waals surface area contributed by atoms with Gasteiger partial charge in [-0.2, -0.15) is 0 Å². The van der Waals surface area contributed by atoms with Crippen LogP contribution in [0.4, 0.5) is 0 Å². The van der Waals surface area contributed by atoms with Crippen molar-refractivity contribution >= 4 is 29.9 Å². The van der Waals surface area contributed by atoms with Gasteiger partial charge in [-0.15, -0.1) is 24.0 Å². The minimum Gasteiger partial charge on any atom is -0.370 e. The van der Waals surface area contributed by atoms with E-state index in [0.29, 0.717) is 5.96 Å². The van der Waals surface area contributed by atoms with Crippen LogP contribution in [0.3, 0.4) is 0 Å². The number of piperidine rings is 1. The van der Waals surface area contributed by atoms with Crippen molar-refractivity contribution in [1.82, 2.24) is 9.80 Å². The van der Waals surface area contributed by atoms with Crippen LogP contribution in [0.15, 0.2) is 4.99 Å². The highest BCUT2D eigenvalue weighted by Gasteiger charge is 2.09. The van der Waals surface area contributed by atoms with E-state index >= 15 is 0 Å². The van der Waals surface area contributed by atoms with Crippen LogP contribution in [0, 0.1) is 0 Å². The van der Waals surface area contributed by atoms with E-state index in [1.165, 1.54) is 32.4 Å². The first-order valence-electron chi connectivity index (χ1n) is 6.55. The summed E-state index contributed by atoms with van der Waals surface area (Å²) in [6.07, 6.45) is 4.08. The Balaban J connectivity index is 0.00000256. The second kappa shape index (κ2) is 9.94. The Morgan fingerprint density at radius 3 is 2.29 bits per heavy atom. The first-order valence-corrected chi connectivity index (χ1v) is 6.55. The number of rotatable bonds is 5. The molecule has 0 aromatic carbocycles. The van der Waals surface area contributed by atoms with Crippen molar-refractivity contribution in [2.24, 2.45) is 10.7 Å². The number of aliphatic imine (C=N–C) groups is 1. The summed E-state index contributed by atoms with van der Waals surface area (Å²) in [4.78, 5) is 9.02. The molecule has 4 nitrogen and oxygen atoms in total. The third-order valence-electron chi connectivity index (χ3n) is 3.23.